The fourth-order valence-electron chi connectivity index (χ4n) is 3.27. The van der Waals surface area contributed by atoms with E-state index in [2.05, 4.69) is 5.32 Å². The average Bonchev–Trinajstić information content (AvgIpc) is 2.89. The monoisotopic (exact) mass is 392 g/mol. The molecule has 7 nitrogen and oxygen atoms in total. The number of rotatable bonds is 5. The molecule has 1 saturated heterocycles. The van der Waals surface area contributed by atoms with Gasteiger partial charge in [-0.1, -0.05) is 12.2 Å². The van der Waals surface area contributed by atoms with Gasteiger partial charge in [0.25, 0.3) is 5.91 Å². The van der Waals surface area contributed by atoms with Gasteiger partial charge >= 0.3 is 5.97 Å². The molecule has 1 aliphatic carbocycles. The Morgan fingerprint density at radius 3 is 2.36 bits per heavy atom. The van der Waals surface area contributed by atoms with E-state index in [-0.39, 0.29) is 5.69 Å². The van der Waals surface area contributed by atoms with Gasteiger partial charge in [0.05, 0.1) is 17.5 Å². The fourth-order valence-corrected chi connectivity index (χ4v) is 3.27. The molecule has 1 N–H and O–H groups in total. The van der Waals surface area contributed by atoms with E-state index in [1.165, 1.54) is 6.92 Å². The first-order chi connectivity index (χ1) is 13.3. The van der Waals surface area contributed by atoms with Gasteiger partial charge in [0.15, 0.2) is 6.10 Å². The molecule has 2 aliphatic rings. The zero-order chi connectivity index (χ0) is 20.4. The number of benzene rings is 1. The van der Waals surface area contributed by atoms with Crippen LogP contribution in [0.5, 0.6) is 0 Å². The number of esters is 1. The fraction of sp³-hybridized carbons (Fsp3) is 0.368. The normalized spacial score (nSPS) is 22.0. The molecule has 0 aromatic heterocycles. The lowest BCUT2D eigenvalue weighted by atomic mass is 9.85. The maximum Gasteiger partial charge on any atom is 0.326 e. The molecule has 1 aromatic rings. The molecule has 3 atom stereocenters. The third-order valence-electron chi connectivity index (χ3n) is 4.75. The summed E-state index contributed by atoms with van der Waals surface area (Å²) in [5, 5.41) is 2.18. The van der Waals surface area contributed by atoms with E-state index < -0.39 is 59.8 Å². The Labute approximate surface area is 159 Å². The first-order valence-corrected chi connectivity index (χ1v) is 8.73. The summed E-state index contributed by atoms with van der Waals surface area (Å²) in [7, 11) is 0. The van der Waals surface area contributed by atoms with E-state index in [0.29, 0.717) is 18.9 Å². The van der Waals surface area contributed by atoms with Crippen LogP contribution in [-0.2, 0) is 23.9 Å². The van der Waals surface area contributed by atoms with E-state index >= 15 is 0 Å². The molecule has 3 rings (SSSR count). The third kappa shape index (κ3) is 3.92. The van der Waals surface area contributed by atoms with Gasteiger partial charge < -0.3 is 10.1 Å². The van der Waals surface area contributed by atoms with E-state index in [1.54, 1.807) is 0 Å². The molecule has 9 heteroatoms. The molecule has 148 valence electrons. The van der Waals surface area contributed by atoms with Crippen LogP contribution in [0.1, 0.15) is 19.8 Å². The Morgan fingerprint density at radius 1 is 1.18 bits per heavy atom. The second-order valence-electron chi connectivity index (χ2n) is 6.66. The number of nitrogens with zero attached hydrogens (tertiary/aromatic N) is 1. The Balaban J connectivity index is 1.56. The van der Waals surface area contributed by atoms with Crippen LogP contribution in [0.4, 0.5) is 14.5 Å². The van der Waals surface area contributed by atoms with Gasteiger partial charge in [-0.05, 0) is 31.9 Å². The molecule has 0 radical (unpaired) electrons. The van der Waals surface area contributed by atoms with Crippen LogP contribution < -0.4 is 5.32 Å². The van der Waals surface area contributed by atoms with Crippen molar-refractivity contribution in [3.05, 3.63) is 42.0 Å². The van der Waals surface area contributed by atoms with E-state index in [1.807, 2.05) is 12.2 Å². The number of hydrogen-bond donors (Lipinski definition) is 1. The maximum atomic E-state index is 13.6. The van der Waals surface area contributed by atoms with Gasteiger partial charge in [-0.25, -0.2) is 8.78 Å². The van der Waals surface area contributed by atoms with Gasteiger partial charge in [0.2, 0.25) is 11.8 Å². The molecule has 3 amide bonds. The van der Waals surface area contributed by atoms with Crippen molar-refractivity contribution in [2.75, 3.05) is 11.9 Å². The summed E-state index contributed by atoms with van der Waals surface area (Å²) in [5.74, 6) is -5.34. The van der Waals surface area contributed by atoms with Gasteiger partial charge in [-0.3, -0.25) is 24.1 Å². The number of likely N-dealkylation sites (tertiary alicyclic amines) is 1. The van der Waals surface area contributed by atoms with E-state index in [0.717, 1.165) is 17.0 Å². The predicted molar refractivity (Wildman–Crippen MR) is 92.6 cm³/mol. The summed E-state index contributed by atoms with van der Waals surface area (Å²) in [5.41, 5.74) is -0.268. The number of allylic oxidation sites excluding steroid dienone is 2. The number of imide groups is 1. The van der Waals surface area contributed by atoms with E-state index in [9.17, 15) is 28.0 Å². The Morgan fingerprint density at radius 2 is 1.79 bits per heavy atom. The topological polar surface area (TPSA) is 92.8 Å². The zero-order valence-corrected chi connectivity index (χ0v) is 15.0. The van der Waals surface area contributed by atoms with Crippen LogP contribution in [0.15, 0.2) is 30.4 Å². The van der Waals surface area contributed by atoms with Crippen molar-refractivity contribution in [2.24, 2.45) is 11.8 Å². The number of hydrogen-bond acceptors (Lipinski definition) is 5. The van der Waals surface area contributed by atoms with Crippen LogP contribution in [0, 0.1) is 23.5 Å². The van der Waals surface area contributed by atoms with Crippen molar-refractivity contribution in [3.63, 3.8) is 0 Å². The van der Waals surface area contributed by atoms with Crippen LogP contribution >= 0.6 is 0 Å². The number of fused-ring (bicyclic) bond motifs is 1. The highest BCUT2D eigenvalue weighted by Gasteiger charge is 2.47. The highest BCUT2D eigenvalue weighted by molar-refractivity contribution is 6.07. The largest absolute Gasteiger partial charge is 0.451 e. The minimum absolute atomic E-state index is 0.268. The number of halogens is 2. The molecule has 1 aliphatic heterocycles. The minimum atomic E-state index is -1.31. The van der Waals surface area contributed by atoms with Gasteiger partial charge in [0.1, 0.15) is 18.2 Å². The smallest absolute Gasteiger partial charge is 0.326 e. The van der Waals surface area contributed by atoms with Crippen molar-refractivity contribution >= 4 is 29.4 Å². The number of anilines is 1. The first kappa shape index (κ1) is 19.7. The van der Waals surface area contributed by atoms with Gasteiger partial charge in [-0.2, -0.15) is 0 Å². The predicted octanol–water partition coefficient (Wildman–Crippen LogP) is 1.79. The first-order valence-electron chi connectivity index (χ1n) is 8.73. The van der Waals surface area contributed by atoms with Gasteiger partial charge in [0, 0.05) is 6.07 Å². The molecule has 1 fully saturated rings. The molecule has 0 unspecified atom stereocenters. The number of carbonyl (C=O) groups is 4. The number of ether oxygens (including phenoxy) is 1. The standard InChI is InChI=1S/C19H18F2N2O5/c1-10(17(25)22-15-7-6-11(20)8-14(15)21)28-16(24)9-23-18(26)12-4-2-3-5-13(12)19(23)27/h2-3,6-8,10,12-13H,4-5,9H2,1H3,(H,22,25)/t10-,12-,13-/m0/s1. The van der Waals surface area contributed by atoms with Crippen LogP contribution in [-0.4, -0.2) is 41.2 Å². The lowest BCUT2D eigenvalue weighted by Crippen LogP contribution is -2.39. The summed E-state index contributed by atoms with van der Waals surface area (Å²) in [4.78, 5) is 49.6. The van der Waals surface area contributed by atoms with Crippen LogP contribution in [0.3, 0.4) is 0 Å². The number of nitrogens with one attached hydrogen (secondary N) is 1. The molecule has 1 aromatic carbocycles. The SMILES string of the molecule is C[C@H](OC(=O)CN1C(=O)[C@H]2CC=CC[C@@H]2C1=O)C(=O)Nc1ccc(F)cc1F. The molecule has 0 saturated carbocycles. The van der Waals surface area contributed by atoms with Crippen molar-refractivity contribution in [2.45, 2.75) is 25.9 Å². The Hall–Kier alpha value is -3.10. The molecule has 0 bridgehead atoms. The van der Waals surface area contributed by atoms with Crippen molar-refractivity contribution in [1.29, 1.82) is 0 Å². The maximum absolute atomic E-state index is 13.6. The second kappa shape index (κ2) is 7.87. The quantitative estimate of drug-likeness (QED) is 0.469. The highest BCUT2D eigenvalue weighted by Crippen LogP contribution is 2.34. The number of carbonyl (C=O) groups excluding carboxylic acids is 4. The molecule has 28 heavy (non-hydrogen) atoms. The summed E-state index contributed by atoms with van der Waals surface area (Å²) in [6.45, 7) is 0.666. The summed E-state index contributed by atoms with van der Waals surface area (Å²) >= 11 is 0. The Bertz CT molecular complexity index is 844. The molecule has 1 heterocycles. The summed E-state index contributed by atoms with van der Waals surface area (Å²) in [6.07, 6.45) is 3.24. The zero-order valence-electron chi connectivity index (χ0n) is 15.0. The van der Waals surface area contributed by atoms with Crippen LogP contribution in [0.2, 0.25) is 0 Å². The summed E-state index contributed by atoms with van der Waals surface area (Å²) < 4.78 is 31.4. The highest BCUT2D eigenvalue weighted by atomic mass is 19.1. The van der Waals surface area contributed by atoms with Crippen LogP contribution in [0.25, 0.3) is 0 Å². The molecular formula is C19H18F2N2O5. The van der Waals surface area contributed by atoms with Crippen molar-refractivity contribution < 1.29 is 32.7 Å². The summed E-state index contributed by atoms with van der Waals surface area (Å²) in [6, 6.07) is 2.61. The van der Waals surface area contributed by atoms with E-state index in [4.69, 9.17) is 4.74 Å². The van der Waals surface area contributed by atoms with Gasteiger partial charge in [-0.15, -0.1) is 0 Å². The molecule has 0 spiro atoms. The Kier molecular flexibility index (Phi) is 5.53. The molecular weight excluding hydrogens is 374 g/mol. The number of amides is 3. The average molecular weight is 392 g/mol. The second-order valence-corrected chi connectivity index (χ2v) is 6.66. The third-order valence-corrected chi connectivity index (χ3v) is 4.75. The van der Waals surface area contributed by atoms with Crippen molar-refractivity contribution in [3.8, 4) is 0 Å². The minimum Gasteiger partial charge on any atom is -0.451 e. The lowest BCUT2D eigenvalue weighted by molar-refractivity contribution is -0.158. The van der Waals surface area contributed by atoms with Crippen molar-refractivity contribution in [1.82, 2.24) is 4.90 Å². The lowest BCUT2D eigenvalue weighted by Gasteiger charge is -2.17.